The first-order chi connectivity index (χ1) is 13.0. The molecule has 0 spiro atoms. The van der Waals surface area contributed by atoms with Crippen molar-refractivity contribution >= 4 is 34.3 Å². The van der Waals surface area contributed by atoms with Crippen molar-refractivity contribution in [1.82, 2.24) is 20.4 Å². The smallest absolute Gasteiger partial charge is 0.324 e. The SMILES string of the molecule is COc1ccc(CCN2C(=O)N[C@H](CC(=O)Nc3nnc(C)s3)C2=O)cc1. The van der Waals surface area contributed by atoms with Crippen molar-refractivity contribution in [3.05, 3.63) is 34.8 Å². The lowest BCUT2D eigenvalue weighted by Crippen LogP contribution is -2.34. The molecule has 0 saturated carbocycles. The van der Waals surface area contributed by atoms with Crippen LogP contribution in [0.1, 0.15) is 17.0 Å². The number of nitrogens with one attached hydrogen (secondary N) is 2. The third-order valence-corrected chi connectivity index (χ3v) is 4.81. The van der Waals surface area contributed by atoms with Crippen LogP contribution in [0.3, 0.4) is 0 Å². The van der Waals surface area contributed by atoms with E-state index < -0.39 is 23.9 Å². The van der Waals surface area contributed by atoms with Crippen LogP contribution in [-0.2, 0) is 16.0 Å². The van der Waals surface area contributed by atoms with Gasteiger partial charge in [-0.1, -0.05) is 23.5 Å². The molecule has 1 saturated heterocycles. The maximum Gasteiger partial charge on any atom is 0.324 e. The molecule has 10 heteroatoms. The summed E-state index contributed by atoms with van der Waals surface area (Å²) in [6.45, 7) is 2.01. The predicted molar refractivity (Wildman–Crippen MR) is 98.6 cm³/mol. The van der Waals surface area contributed by atoms with Gasteiger partial charge in [0.2, 0.25) is 11.0 Å². The Labute approximate surface area is 159 Å². The quantitative estimate of drug-likeness (QED) is 0.691. The number of hydrogen-bond acceptors (Lipinski definition) is 7. The molecule has 2 N–H and O–H groups in total. The van der Waals surface area contributed by atoms with Crippen molar-refractivity contribution in [2.75, 3.05) is 19.0 Å². The molecular weight excluding hydrogens is 370 g/mol. The number of ether oxygens (including phenoxy) is 1. The molecule has 1 aliphatic heterocycles. The number of nitrogens with zero attached hydrogens (tertiary/aromatic N) is 3. The van der Waals surface area contributed by atoms with Crippen molar-refractivity contribution in [1.29, 1.82) is 0 Å². The van der Waals surface area contributed by atoms with Crippen molar-refractivity contribution < 1.29 is 19.1 Å². The number of hydrogen-bond donors (Lipinski definition) is 2. The van der Waals surface area contributed by atoms with Gasteiger partial charge in [-0.05, 0) is 31.0 Å². The monoisotopic (exact) mass is 389 g/mol. The highest BCUT2D eigenvalue weighted by Gasteiger charge is 2.38. The van der Waals surface area contributed by atoms with E-state index in [1.54, 1.807) is 14.0 Å². The third-order valence-electron chi connectivity index (χ3n) is 4.05. The molecule has 9 nitrogen and oxygen atoms in total. The number of rotatable bonds is 7. The lowest BCUT2D eigenvalue weighted by molar-refractivity contribution is -0.129. The Kier molecular flexibility index (Phi) is 5.65. The topological polar surface area (TPSA) is 114 Å². The van der Waals surface area contributed by atoms with Gasteiger partial charge in [0.15, 0.2) is 0 Å². The maximum absolute atomic E-state index is 12.4. The Hall–Kier alpha value is -3.01. The normalized spacial score (nSPS) is 16.4. The van der Waals surface area contributed by atoms with E-state index >= 15 is 0 Å². The van der Waals surface area contributed by atoms with Gasteiger partial charge in [0.1, 0.15) is 16.8 Å². The van der Waals surface area contributed by atoms with Gasteiger partial charge in [-0.3, -0.25) is 14.5 Å². The van der Waals surface area contributed by atoms with Gasteiger partial charge in [-0.2, -0.15) is 0 Å². The highest BCUT2D eigenvalue weighted by atomic mass is 32.1. The Morgan fingerprint density at radius 3 is 2.67 bits per heavy atom. The standard InChI is InChI=1S/C17H19N5O4S/c1-10-20-21-16(27-10)19-14(23)9-13-15(24)22(17(25)18-13)8-7-11-3-5-12(26-2)6-4-11/h3-6,13H,7-9H2,1-2H3,(H,18,25)(H,19,21,23)/t13-/m1/s1. The molecule has 2 heterocycles. The lowest BCUT2D eigenvalue weighted by atomic mass is 10.1. The summed E-state index contributed by atoms with van der Waals surface area (Å²) in [6.07, 6.45) is 0.369. The molecule has 3 rings (SSSR count). The van der Waals surface area contributed by atoms with E-state index in [0.29, 0.717) is 11.6 Å². The average Bonchev–Trinajstić information content (AvgIpc) is 3.16. The largest absolute Gasteiger partial charge is 0.497 e. The molecule has 0 unspecified atom stereocenters. The number of carbonyl (C=O) groups is 3. The second-order valence-electron chi connectivity index (χ2n) is 5.97. The van der Waals surface area contributed by atoms with Crippen LogP contribution in [0.5, 0.6) is 5.75 Å². The summed E-state index contributed by atoms with van der Waals surface area (Å²) < 4.78 is 5.10. The van der Waals surface area contributed by atoms with Crippen molar-refractivity contribution in [2.24, 2.45) is 0 Å². The minimum Gasteiger partial charge on any atom is -0.497 e. The summed E-state index contributed by atoms with van der Waals surface area (Å²) in [6, 6.07) is 6.05. The van der Waals surface area contributed by atoms with Crippen LogP contribution in [-0.4, -0.2) is 52.6 Å². The molecule has 4 amide bonds. The summed E-state index contributed by atoms with van der Waals surface area (Å²) >= 11 is 1.24. The molecule has 27 heavy (non-hydrogen) atoms. The molecule has 0 bridgehead atoms. The van der Waals surface area contributed by atoms with Crippen molar-refractivity contribution in [2.45, 2.75) is 25.8 Å². The lowest BCUT2D eigenvalue weighted by Gasteiger charge is -2.13. The van der Waals surface area contributed by atoms with Crippen LogP contribution in [0.4, 0.5) is 9.93 Å². The highest BCUT2D eigenvalue weighted by molar-refractivity contribution is 7.15. The molecule has 0 radical (unpaired) electrons. The molecule has 1 fully saturated rings. The predicted octanol–water partition coefficient (Wildman–Crippen LogP) is 1.35. The van der Waals surface area contributed by atoms with Crippen LogP contribution in [0, 0.1) is 6.92 Å². The van der Waals surface area contributed by atoms with Gasteiger partial charge >= 0.3 is 6.03 Å². The molecule has 1 aromatic carbocycles. The van der Waals surface area contributed by atoms with Gasteiger partial charge in [-0.15, -0.1) is 10.2 Å². The number of amides is 4. The van der Waals surface area contributed by atoms with E-state index in [0.717, 1.165) is 21.2 Å². The Morgan fingerprint density at radius 1 is 1.30 bits per heavy atom. The number of anilines is 1. The summed E-state index contributed by atoms with van der Waals surface area (Å²) in [7, 11) is 1.59. The number of urea groups is 1. The Morgan fingerprint density at radius 2 is 2.04 bits per heavy atom. The van der Waals surface area contributed by atoms with Crippen molar-refractivity contribution in [3.63, 3.8) is 0 Å². The Bertz CT molecular complexity index is 851. The molecule has 1 aliphatic rings. The number of carbonyl (C=O) groups excluding carboxylic acids is 3. The first-order valence-electron chi connectivity index (χ1n) is 8.31. The first-order valence-corrected chi connectivity index (χ1v) is 9.12. The molecule has 1 aromatic heterocycles. The molecule has 142 valence electrons. The molecule has 0 aliphatic carbocycles. The second kappa shape index (κ2) is 8.12. The van der Waals surface area contributed by atoms with Crippen LogP contribution in [0.2, 0.25) is 0 Å². The van der Waals surface area contributed by atoms with Gasteiger partial charge < -0.3 is 15.4 Å². The van der Waals surface area contributed by atoms with Crippen LogP contribution >= 0.6 is 11.3 Å². The first kappa shape index (κ1) is 18.8. The number of benzene rings is 1. The van der Waals surface area contributed by atoms with Crippen LogP contribution < -0.4 is 15.4 Å². The molecule has 2 aromatic rings. The number of imide groups is 1. The summed E-state index contributed by atoms with van der Waals surface area (Å²) in [5, 5.41) is 13.8. The Balaban J connectivity index is 1.53. The summed E-state index contributed by atoms with van der Waals surface area (Å²) in [4.78, 5) is 37.7. The number of methoxy groups -OCH3 is 1. The molecular formula is C17H19N5O4S. The zero-order valence-electron chi connectivity index (χ0n) is 14.9. The van der Waals surface area contributed by atoms with E-state index in [-0.39, 0.29) is 13.0 Å². The van der Waals surface area contributed by atoms with E-state index in [4.69, 9.17) is 4.74 Å². The fraction of sp³-hybridized carbons (Fsp3) is 0.353. The summed E-state index contributed by atoms with van der Waals surface area (Å²) in [5.41, 5.74) is 0.976. The fourth-order valence-electron chi connectivity index (χ4n) is 2.66. The highest BCUT2D eigenvalue weighted by Crippen LogP contribution is 2.17. The van der Waals surface area contributed by atoms with E-state index in [1.807, 2.05) is 24.3 Å². The second-order valence-corrected chi connectivity index (χ2v) is 7.15. The zero-order valence-corrected chi connectivity index (χ0v) is 15.7. The minimum atomic E-state index is -0.873. The summed E-state index contributed by atoms with van der Waals surface area (Å²) in [5.74, 6) is -0.0654. The van der Waals surface area contributed by atoms with Gasteiger partial charge in [0.25, 0.3) is 5.91 Å². The maximum atomic E-state index is 12.4. The fourth-order valence-corrected chi connectivity index (χ4v) is 3.27. The zero-order chi connectivity index (χ0) is 19.4. The van der Waals surface area contributed by atoms with Crippen LogP contribution in [0.25, 0.3) is 0 Å². The minimum absolute atomic E-state index is 0.151. The van der Waals surface area contributed by atoms with Crippen molar-refractivity contribution in [3.8, 4) is 5.75 Å². The van der Waals surface area contributed by atoms with Gasteiger partial charge in [0, 0.05) is 6.54 Å². The number of aromatic nitrogens is 2. The van der Waals surface area contributed by atoms with E-state index in [9.17, 15) is 14.4 Å². The van der Waals surface area contributed by atoms with E-state index in [2.05, 4.69) is 20.8 Å². The van der Waals surface area contributed by atoms with E-state index in [1.165, 1.54) is 11.3 Å². The van der Waals surface area contributed by atoms with Gasteiger partial charge in [-0.25, -0.2) is 4.79 Å². The molecule has 1 atom stereocenters. The van der Waals surface area contributed by atoms with Gasteiger partial charge in [0.05, 0.1) is 13.5 Å². The van der Waals surface area contributed by atoms with Crippen LogP contribution in [0.15, 0.2) is 24.3 Å². The number of aryl methyl sites for hydroxylation is 1. The average molecular weight is 389 g/mol. The third kappa shape index (κ3) is 4.59.